The van der Waals surface area contributed by atoms with Crippen LogP contribution < -0.4 is 10.1 Å². The first-order valence-corrected chi connectivity index (χ1v) is 4.89. The fraction of sp³-hybridized carbons (Fsp3) is 0.0769. The third-order valence-corrected chi connectivity index (χ3v) is 2.12. The molecule has 2 rings (SSSR count). The minimum atomic E-state index is 0. The molecule has 0 aromatic heterocycles. The smallest absolute Gasteiger partial charge is 0.127 e. The SMILES string of the molecule is CNc1ccc(Oc2ccccc2)cc1.Cl. The fourth-order valence-electron chi connectivity index (χ4n) is 1.31. The molecule has 0 fully saturated rings. The third kappa shape index (κ3) is 3.17. The van der Waals surface area contributed by atoms with E-state index in [-0.39, 0.29) is 12.4 Å². The third-order valence-electron chi connectivity index (χ3n) is 2.12. The molecular weight excluding hydrogens is 222 g/mol. The number of anilines is 1. The molecule has 0 bridgehead atoms. The van der Waals surface area contributed by atoms with Gasteiger partial charge >= 0.3 is 0 Å². The van der Waals surface area contributed by atoms with E-state index in [4.69, 9.17) is 4.74 Å². The molecular formula is C13H14ClNO. The molecule has 0 amide bonds. The molecule has 0 spiro atoms. The van der Waals surface area contributed by atoms with Crippen molar-refractivity contribution >= 4 is 18.1 Å². The van der Waals surface area contributed by atoms with Gasteiger partial charge in [0.15, 0.2) is 0 Å². The van der Waals surface area contributed by atoms with Crippen LogP contribution in [0, 0.1) is 0 Å². The molecule has 0 aliphatic heterocycles. The predicted molar refractivity (Wildman–Crippen MR) is 69.8 cm³/mol. The van der Waals surface area contributed by atoms with E-state index in [2.05, 4.69) is 5.32 Å². The summed E-state index contributed by atoms with van der Waals surface area (Å²) < 4.78 is 5.65. The molecule has 0 radical (unpaired) electrons. The van der Waals surface area contributed by atoms with E-state index >= 15 is 0 Å². The van der Waals surface area contributed by atoms with Gasteiger partial charge in [-0.05, 0) is 36.4 Å². The van der Waals surface area contributed by atoms with Gasteiger partial charge < -0.3 is 10.1 Å². The topological polar surface area (TPSA) is 21.3 Å². The minimum absolute atomic E-state index is 0. The van der Waals surface area contributed by atoms with Crippen LogP contribution >= 0.6 is 12.4 Å². The zero-order chi connectivity index (χ0) is 10.5. The van der Waals surface area contributed by atoms with Gasteiger partial charge in [-0.2, -0.15) is 0 Å². The van der Waals surface area contributed by atoms with Gasteiger partial charge in [0.05, 0.1) is 0 Å². The summed E-state index contributed by atoms with van der Waals surface area (Å²) in [5.41, 5.74) is 1.08. The number of para-hydroxylation sites is 1. The summed E-state index contributed by atoms with van der Waals surface area (Å²) in [7, 11) is 1.90. The fourth-order valence-corrected chi connectivity index (χ4v) is 1.31. The quantitative estimate of drug-likeness (QED) is 0.870. The molecule has 84 valence electrons. The maximum absolute atomic E-state index is 5.65. The highest BCUT2D eigenvalue weighted by Crippen LogP contribution is 2.22. The van der Waals surface area contributed by atoms with Gasteiger partial charge in [-0.25, -0.2) is 0 Å². The molecule has 0 saturated carbocycles. The van der Waals surface area contributed by atoms with E-state index in [0.717, 1.165) is 17.2 Å². The molecule has 0 aliphatic carbocycles. The van der Waals surface area contributed by atoms with Crippen molar-refractivity contribution in [2.45, 2.75) is 0 Å². The maximum Gasteiger partial charge on any atom is 0.127 e. The van der Waals surface area contributed by atoms with E-state index in [1.165, 1.54) is 0 Å². The van der Waals surface area contributed by atoms with Crippen LogP contribution in [0.25, 0.3) is 0 Å². The standard InChI is InChI=1S/C13H13NO.ClH/c1-14-11-7-9-13(10-8-11)15-12-5-3-2-4-6-12;/h2-10,14H,1H3;1H. The molecule has 16 heavy (non-hydrogen) atoms. The van der Waals surface area contributed by atoms with E-state index < -0.39 is 0 Å². The van der Waals surface area contributed by atoms with Crippen molar-refractivity contribution in [3.8, 4) is 11.5 Å². The Morgan fingerprint density at radius 2 is 1.38 bits per heavy atom. The average molecular weight is 236 g/mol. The first kappa shape index (κ1) is 12.4. The number of nitrogens with one attached hydrogen (secondary N) is 1. The van der Waals surface area contributed by atoms with Crippen LogP contribution in [0.1, 0.15) is 0 Å². The van der Waals surface area contributed by atoms with Crippen LogP contribution in [-0.4, -0.2) is 7.05 Å². The number of hydrogen-bond donors (Lipinski definition) is 1. The van der Waals surface area contributed by atoms with Crippen LogP contribution in [0.5, 0.6) is 11.5 Å². The van der Waals surface area contributed by atoms with Crippen LogP contribution in [0.15, 0.2) is 54.6 Å². The van der Waals surface area contributed by atoms with Gasteiger partial charge in [-0.15, -0.1) is 12.4 Å². The van der Waals surface area contributed by atoms with Gasteiger partial charge in [-0.1, -0.05) is 18.2 Å². The molecule has 2 aromatic carbocycles. The predicted octanol–water partition coefficient (Wildman–Crippen LogP) is 3.94. The van der Waals surface area contributed by atoms with Crippen molar-refractivity contribution in [1.82, 2.24) is 0 Å². The molecule has 3 heteroatoms. The normalized spacial score (nSPS) is 9.06. The van der Waals surface area contributed by atoms with E-state index in [0.29, 0.717) is 0 Å². The lowest BCUT2D eigenvalue weighted by Gasteiger charge is -2.06. The van der Waals surface area contributed by atoms with Gasteiger partial charge in [-0.3, -0.25) is 0 Å². The van der Waals surface area contributed by atoms with Gasteiger partial charge in [0.2, 0.25) is 0 Å². The van der Waals surface area contributed by atoms with E-state index in [1.807, 2.05) is 61.6 Å². The zero-order valence-corrected chi connectivity index (χ0v) is 9.83. The molecule has 0 atom stereocenters. The van der Waals surface area contributed by atoms with Crippen molar-refractivity contribution in [2.75, 3.05) is 12.4 Å². The van der Waals surface area contributed by atoms with Crippen LogP contribution in [-0.2, 0) is 0 Å². The number of benzene rings is 2. The van der Waals surface area contributed by atoms with Crippen LogP contribution in [0.4, 0.5) is 5.69 Å². The first-order chi connectivity index (χ1) is 7.38. The average Bonchev–Trinajstić information content (AvgIpc) is 2.31. The lowest BCUT2D eigenvalue weighted by Crippen LogP contribution is -1.87. The lowest BCUT2D eigenvalue weighted by atomic mass is 10.3. The summed E-state index contributed by atoms with van der Waals surface area (Å²) in [4.78, 5) is 0. The van der Waals surface area contributed by atoms with Crippen molar-refractivity contribution in [1.29, 1.82) is 0 Å². The minimum Gasteiger partial charge on any atom is -0.457 e. The second kappa shape index (κ2) is 6.03. The highest BCUT2D eigenvalue weighted by atomic mass is 35.5. The molecule has 2 aromatic rings. The van der Waals surface area contributed by atoms with Crippen LogP contribution in [0.3, 0.4) is 0 Å². The van der Waals surface area contributed by atoms with E-state index in [9.17, 15) is 0 Å². The molecule has 0 unspecified atom stereocenters. The molecule has 0 saturated heterocycles. The summed E-state index contributed by atoms with van der Waals surface area (Å²) in [6.45, 7) is 0. The monoisotopic (exact) mass is 235 g/mol. The van der Waals surface area contributed by atoms with Gasteiger partial charge in [0, 0.05) is 12.7 Å². The second-order valence-electron chi connectivity index (χ2n) is 3.19. The van der Waals surface area contributed by atoms with E-state index in [1.54, 1.807) is 0 Å². The molecule has 1 N–H and O–H groups in total. The Labute approximate surface area is 102 Å². The summed E-state index contributed by atoms with van der Waals surface area (Å²) in [5.74, 6) is 1.70. The highest BCUT2D eigenvalue weighted by Gasteiger charge is 1.95. The zero-order valence-electron chi connectivity index (χ0n) is 9.01. The largest absolute Gasteiger partial charge is 0.457 e. The van der Waals surface area contributed by atoms with Gasteiger partial charge in [0.1, 0.15) is 11.5 Å². The Hall–Kier alpha value is -1.67. The Morgan fingerprint density at radius 3 is 1.94 bits per heavy atom. The van der Waals surface area contributed by atoms with Crippen molar-refractivity contribution < 1.29 is 4.74 Å². The Kier molecular flexibility index (Phi) is 4.67. The summed E-state index contributed by atoms with van der Waals surface area (Å²) in [6.07, 6.45) is 0. The Balaban J connectivity index is 0.00000128. The summed E-state index contributed by atoms with van der Waals surface area (Å²) in [6, 6.07) is 17.6. The Morgan fingerprint density at radius 1 is 0.812 bits per heavy atom. The highest BCUT2D eigenvalue weighted by molar-refractivity contribution is 5.85. The maximum atomic E-state index is 5.65. The first-order valence-electron chi connectivity index (χ1n) is 4.89. The summed E-state index contributed by atoms with van der Waals surface area (Å²) in [5, 5.41) is 3.06. The lowest BCUT2D eigenvalue weighted by molar-refractivity contribution is 0.483. The number of ether oxygens (including phenoxy) is 1. The number of halogens is 1. The van der Waals surface area contributed by atoms with Crippen molar-refractivity contribution in [3.05, 3.63) is 54.6 Å². The molecule has 0 aliphatic rings. The van der Waals surface area contributed by atoms with Crippen LogP contribution in [0.2, 0.25) is 0 Å². The van der Waals surface area contributed by atoms with Crippen molar-refractivity contribution in [2.24, 2.45) is 0 Å². The Bertz CT molecular complexity index is 414. The number of rotatable bonds is 3. The molecule has 2 nitrogen and oxygen atoms in total. The summed E-state index contributed by atoms with van der Waals surface area (Å²) >= 11 is 0. The second-order valence-corrected chi connectivity index (χ2v) is 3.19. The van der Waals surface area contributed by atoms with Crippen molar-refractivity contribution in [3.63, 3.8) is 0 Å². The van der Waals surface area contributed by atoms with Gasteiger partial charge in [0.25, 0.3) is 0 Å². The molecule has 0 heterocycles. The number of hydrogen-bond acceptors (Lipinski definition) is 2.